The zero-order valence-electron chi connectivity index (χ0n) is 11.4. The molecule has 1 aromatic heterocycles. The van der Waals surface area contributed by atoms with Crippen molar-refractivity contribution in [2.75, 3.05) is 11.4 Å². The van der Waals surface area contributed by atoms with Crippen LogP contribution in [-0.4, -0.2) is 11.5 Å². The molecule has 0 aliphatic rings. The molecule has 0 bridgehead atoms. The predicted molar refractivity (Wildman–Crippen MR) is 79.9 cm³/mol. The zero-order valence-corrected chi connectivity index (χ0v) is 11.4. The highest BCUT2D eigenvalue weighted by molar-refractivity contribution is 5.50. The summed E-state index contributed by atoms with van der Waals surface area (Å²) in [6, 6.07) is 14.6. The van der Waals surface area contributed by atoms with E-state index in [0.717, 1.165) is 30.9 Å². The lowest BCUT2D eigenvalue weighted by Crippen LogP contribution is -2.25. The molecule has 19 heavy (non-hydrogen) atoms. The van der Waals surface area contributed by atoms with E-state index < -0.39 is 0 Å². The molecule has 0 saturated carbocycles. The highest BCUT2D eigenvalue weighted by Crippen LogP contribution is 2.20. The molecule has 0 atom stereocenters. The van der Waals surface area contributed by atoms with Gasteiger partial charge < -0.3 is 10.6 Å². The zero-order chi connectivity index (χ0) is 13.5. The van der Waals surface area contributed by atoms with E-state index in [0.29, 0.717) is 6.54 Å². The van der Waals surface area contributed by atoms with Crippen molar-refractivity contribution in [3.05, 3.63) is 59.9 Å². The summed E-state index contributed by atoms with van der Waals surface area (Å²) in [5.41, 5.74) is 9.21. The number of pyridine rings is 1. The van der Waals surface area contributed by atoms with E-state index in [1.54, 1.807) is 6.20 Å². The first-order chi connectivity index (χ1) is 9.35. The second-order valence-electron chi connectivity index (χ2n) is 4.58. The fraction of sp³-hybridized carbons (Fsp3) is 0.312. The van der Waals surface area contributed by atoms with Crippen LogP contribution in [0.15, 0.2) is 48.7 Å². The molecule has 0 radical (unpaired) electrons. The maximum atomic E-state index is 5.79. The highest BCUT2D eigenvalue weighted by atomic mass is 15.1. The van der Waals surface area contributed by atoms with Gasteiger partial charge in [0.2, 0.25) is 0 Å². The van der Waals surface area contributed by atoms with Gasteiger partial charge in [0.15, 0.2) is 0 Å². The lowest BCUT2D eigenvalue weighted by molar-refractivity contribution is 0.756. The van der Waals surface area contributed by atoms with E-state index in [2.05, 4.69) is 47.1 Å². The van der Waals surface area contributed by atoms with Crippen LogP contribution in [-0.2, 0) is 13.1 Å². The van der Waals surface area contributed by atoms with E-state index in [1.807, 2.05) is 12.1 Å². The molecule has 0 amide bonds. The van der Waals surface area contributed by atoms with E-state index >= 15 is 0 Å². The van der Waals surface area contributed by atoms with Gasteiger partial charge in [-0.05, 0) is 24.1 Å². The van der Waals surface area contributed by atoms with Crippen molar-refractivity contribution in [1.82, 2.24) is 4.98 Å². The second kappa shape index (κ2) is 6.90. The van der Waals surface area contributed by atoms with Crippen LogP contribution in [0.3, 0.4) is 0 Å². The molecule has 2 rings (SSSR count). The quantitative estimate of drug-likeness (QED) is 0.863. The van der Waals surface area contributed by atoms with Gasteiger partial charge in [-0.25, -0.2) is 0 Å². The predicted octanol–water partition coefficient (Wildman–Crippen LogP) is 2.96. The molecule has 2 aromatic rings. The number of nitrogens with zero attached hydrogens (tertiary/aromatic N) is 2. The van der Waals surface area contributed by atoms with Gasteiger partial charge in [0.25, 0.3) is 0 Å². The molecule has 3 nitrogen and oxygen atoms in total. The molecule has 1 heterocycles. The Bertz CT molecular complexity index is 496. The number of rotatable bonds is 6. The molecule has 0 aliphatic carbocycles. The molecule has 0 aliphatic heterocycles. The second-order valence-corrected chi connectivity index (χ2v) is 4.58. The Hall–Kier alpha value is -1.87. The topological polar surface area (TPSA) is 42.2 Å². The molecule has 0 saturated heterocycles. The van der Waals surface area contributed by atoms with Gasteiger partial charge in [-0.2, -0.15) is 0 Å². The van der Waals surface area contributed by atoms with Crippen LogP contribution in [0.1, 0.15) is 24.6 Å². The van der Waals surface area contributed by atoms with Gasteiger partial charge in [-0.15, -0.1) is 0 Å². The molecular weight excluding hydrogens is 234 g/mol. The Morgan fingerprint density at radius 1 is 1.11 bits per heavy atom. The lowest BCUT2D eigenvalue weighted by Gasteiger charge is -2.26. The molecule has 0 spiro atoms. The minimum absolute atomic E-state index is 0.477. The van der Waals surface area contributed by atoms with Crippen LogP contribution >= 0.6 is 0 Å². The number of hydrogen-bond acceptors (Lipinski definition) is 3. The Morgan fingerprint density at radius 2 is 1.89 bits per heavy atom. The third kappa shape index (κ3) is 3.55. The first kappa shape index (κ1) is 13.6. The Balaban J connectivity index is 2.24. The van der Waals surface area contributed by atoms with Gasteiger partial charge in [0, 0.05) is 25.8 Å². The van der Waals surface area contributed by atoms with Crippen LogP contribution in [0.4, 0.5) is 5.69 Å². The van der Waals surface area contributed by atoms with Crippen LogP contribution in [0.2, 0.25) is 0 Å². The molecule has 100 valence electrons. The van der Waals surface area contributed by atoms with Crippen molar-refractivity contribution in [1.29, 1.82) is 0 Å². The molecular formula is C16H21N3. The fourth-order valence-corrected chi connectivity index (χ4v) is 2.23. The SMILES string of the molecule is CCCN(Cc1ccccc1)c1cccnc1CN. The van der Waals surface area contributed by atoms with Crippen molar-refractivity contribution in [2.45, 2.75) is 26.4 Å². The van der Waals surface area contributed by atoms with E-state index in [9.17, 15) is 0 Å². The summed E-state index contributed by atoms with van der Waals surface area (Å²) in [5.74, 6) is 0. The number of anilines is 1. The standard InChI is InChI=1S/C16H21N3/c1-2-11-19(13-14-7-4-3-5-8-14)16-9-6-10-18-15(16)12-17/h3-10H,2,11-13,17H2,1H3. The van der Waals surface area contributed by atoms with Crippen molar-refractivity contribution < 1.29 is 0 Å². The third-order valence-corrected chi connectivity index (χ3v) is 3.11. The van der Waals surface area contributed by atoms with Crippen molar-refractivity contribution in [2.24, 2.45) is 5.73 Å². The van der Waals surface area contributed by atoms with E-state index in [1.165, 1.54) is 5.56 Å². The Kier molecular flexibility index (Phi) is 4.93. The van der Waals surface area contributed by atoms with Crippen LogP contribution < -0.4 is 10.6 Å². The summed E-state index contributed by atoms with van der Waals surface area (Å²) < 4.78 is 0. The fourth-order valence-electron chi connectivity index (χ4n) is 2.23. The minimum atomic E-state index is 0.477. The average Bonchev–Trinajstić information content (AvgIpc) is 2.48. The molecule has 0 fully saturated rings. The normalized spacial score (nSPS) is 10.4. The molecule has 3 heteroatoms. The molecule has 0 unspecified atom stereocenters. The van der Waals surface area contributed by atoms with Crippen molar-refractivity contribution >= 4 is 5.69 Å². The Morgan fingerprint density at radius 3 is 2.58 bits per heavy atom. The maximum Gasteiger partial charge on any atom is 0.0772 e. The van der Waals surface area contributed by atoms with Gasteiger partial charge in [0.05, 0.1) is 11.4 Å². The van der Waals surface area contributed by atoms with Crippen LogP contribution in [0.5, 0.6) is 0 Å². The Labute approximate surface area is 115 Å². The summed E-state index contributed by atoms with van der Waals surface area (Å²) >= 11 is 0. The monoisotopic (exact) mass is 255 g/mol. The van der Waals surface area contributed by atoms with Gasteiger partial charge in [-0.1, -0.05) is 37.3 Å². The summed E-state index contributed by atoms with van der Waals surface area (Å²) in [6.07, 6.45) is 2.91. The summed E-state index contributed by atoms with van der Waals surface area (Å²) in [7, 11) is 0. The first-order valence-corrected chi connectivity index (χ1v) is 6.78. The highest BCUT2D eigenvalue weighted by Gasteiger charge is 2.10. The number of nitrogens with two attached hydrogens (primary N) is 1. The molecule has 2 N–H and O–H groups in total. The molecule has 1 aromatic carbocycles. The minimum Gasteiger partial charge on any atom is -0.366 e. The van der Waals surface area contributed by atoms with Crippen molar-refractivity contribution in [3.63, 3.8) is 0 Å². The average molecular weight is 255 g/mol. The summed E-state index contributed by atoms with van der Waals surface area (Å²) in [6.45, 7) is 4.57. The van der Waals surface area contributed by atoms with Crippen molar-refractivity contribution in [3.8, 4) is 0 Å². The number of aromatic nitrogens is 1. The van der Waals surface area contributed by atoms with Crippen LogP contribution in [0.25, 0.3) is 0 Å². The number of benzene rings is 1. The maximum absolute atomic E-state index is 5.79. The van der Waals surface area contributed by atoms with Gasteiger partial charge in [-0.3, -0.25) is 4.98 Å². The third-order valence-electron chi connectivity index (χ3n) is 3.11. The van der Waals surface area contributed by atoms with Crippen LogP contribution in [0, 0.1) is 0 Å². The van der Waals surface area contributed by atoms with E-state index in [-0.39, 0.29) is 0 Å². The summed E-state index contributed by atoms with van der Waals surface area (Å²) in [5, 5.41) is 0. The lowest BCUT2D eigenvalue weighted by atomic mass is 10.1. The first-order valence-electron chi connectivity index (χ1n) is 6.78. The van der Waals surface area contributed by atoms with Gasteiger partial charge in [0.1, 0.15) is 0 Å². The largest absolute Gasteiger partial charge is 0.366 e. The summed E-state index contributed by atoms with van der Waals surface area (Å²) in [4.78, 5) is 6.73. The smallest absolute Gasteiger partial charge is 0.0772 e. The van der Waals surface area contributed by atoms with E-state index in [4.69, 9.17) is 5.73 Å². The number of hydrogen-bond donors (Lipinski definition) is 1. The van der Waals surface area contributed by atoms with Gasteiger partial charge >= 0.3 is 0 Å².